The van der Waals surface area contributed by atoms with Crippen LogP contribution >= 0.6 is 0 Å². The zero-order valence-electron chi connectivity index (χ0n) is 10.4. The maximum Gasteiger partial charge on any atom is 0.233 e. The van der Waals surface area contributed by atoms with Gasteiger partial charge in [0.25, 0.3) is 0 Å². The third kappa shape index (κ3) is 3.33. The standard InChI is InChI=1S/C11H21N3O3/c1-3-9(10(12)13-16)11(15)14-6-4-8(17-2)5-7-14/h8-9,16H,3-7H2,1-2H3,(H2,12,13). The number of nitrogens with two attached hydrogens (primary N) is 1. The SMILES string of the molecule is CCC(C(=O)N1CCC(OC)CC1)C(N)=NO. The van der Waals surface area contributed by atoms with Gasteiger partial charge in [0.05, 0.1) is 12.0 Å². The van der Waals surface area contributed by atoms with Gasteiger partial charge in [-0.2, -0.15) is 0 Å². The fraction of sp³-hybridized carbons (Fsp3) is 0.818. The average Bonchev–Trinajstić information content (AvgIpc) is 2.39. The van der Waals surface area contributed by atoms with Crippen LogP contribution in [0.25, 0.3) is 0 Å². The van der Waals surface area contributed by atoms with Gasteiger partial charge in [-0.05, 0) is 19.3 Å². The van der Waals surface area contributed by atoms with Crippen LogP contribution in [0.1, 0.15) is 26.2 Å². The average molecular weight is 243 g/mol. The van der Waals surface area contributed by atoms with Crippen molar-refractivity contribution in [1.29, 1.82) is 0 Å². The van der Waals surface area contributed by atoms with Crippen LogP contribution in [0.5, 0.6) is 0 Å². The van der Waals surface area contributed by atoms with Gasteiger partial charge in [0.1, 0.15) is 0 Å². The normalized spacial score (nSPS) is 20.4. The molecule has 6 nitrogen and oxygen atoms in total. The van der Waals surface area contributed by atoms with Gasteiger partial charge in [0.15, 0.2) is 5.84 Å². The van der Waals surface area contributed by atoms with Crippen molar-refractivity contribution < 1.29 is 14.7 Å². The number of likely N-dealkylation sites (tertiary alicyclic amines) is 1. The van der Waals surface area contributed by atoms with E-state index < -0.39 is 5.92 Å². The Morgan fingerprint density at radius 1 is 1.59 bits per heavy atom. The molecule has 6 heteroatoms. The number of oxime groups is 1. The molecule has 1 amide bonds. The Balaban J connectivity index is 2.58. The largest absolute Gasteiger partial charge is 0.409 e. The Bertz CT molecular complexity index is 286. The molecule has 0 aromatic rings. The first kappa shape index (κ1) is 13.8. The van der Waals surface area contributed by atoms with E-state index in [-0.39, 0.29) is 17.8 Å². The number of amides is 1. The quantitative estimate of drug-likeness (QED) is 0.324. The van der Waals surface area contributed by atoms with E-state index in [9.17, 15) is 4.79 Å². The van der Waals surface area contributed by atoms with Gasteiger partial charge in [0.2, 0.25) is 5.91 Å². The number of methoxy groups -OCH3 is 1. The zero-order chi connectivity index (χ0) is 12.8. The molecule has 0 spiro atoms. The summed E-state index contributed by atoms with van der Waals surface area (Å²) < 4.78 is 5.25. The van der Waals surface area contributed by atoms with Crippen LogP contribution < -0.4 is 5.73 Å². The van der Waals surface area contributed by atoms with Gasteiger partial charge in [-0.3, -0.25) is 4.79 Å². The van der Waals surface area contributed by atoms with E-state index in [1.54, 1.807) is 12.0 Å². The third-order valence-corrected chi connectivity index (χ3v) is 3.27. The third-order valence-electron chi connectivity index (χ3n) is 3.27. The summed E-state index contributed by atoms with van der Waals surface area (Å²) in [6.07, 6.45) is 2.46. The van der Waals surface area contributed by atoms with E-state index in [0.29, 0.717) is 19.5 Å². The minimum atomic E-state index is -0.515. The molecule has 1 unspecified atom stereocenters. The summed E-state index contributed by atoms with van der Waals surface area (Å²) in [5.41, 5.74) is 5.52. The number of ether oxygens (including phenoxy) is 1. The van der Waals surface area contributed by atoms with Gasteiger partial charge in [-0.15, -0.1) is 0 Å². The molecule has 0 radical (unpaired) electrons. The molecule has 17 heavy (non-hydrogen) atoms. The van der Waals surface area contributed by atoms with Crippen molar-refractivity contribution in [2.45, 2.75) is 32.3 Å². The molecule has 1 aliphatic heterocycles. The van der Waals surface area contributed by atoms with Crippen LogP contribution in [0.2, 0.25) is 0 Å². The second-order valence-electron chi connectivity index (χ2n) is 4.25. The van der Waals surface area contributed by atoms with E-state index >= 15 is 0 Å². The lowest BCUT2D eigenvalue weighted by Gasteiger charge is -2.33. The van der Waals surface area contributed by atoms with Crippen LogP contribution in [0.4, 0.5) is 0 Å². The Morgan fingerprint density at radius 2 is 2.18 bits per heavy atom. The number of piperidine rings is 1. The number of carbonyl (C=O) groups excluding carboxylic acids is 1. The summed E-state index contributed by atoms with van der Waals surface area (Å²) in [6, 6.07) is 0. The molecule has 3 N–H and O–H groups in total. The number of rotatable bonds is 4. The monoisotopic (exact) mass is 243 g/mol. The predicted molar refractivity (Wildman–Crippen MR) is 63.8 cm³/mol. The molecular formula is C11H21N3O3. The minimum absolute atomic E-state index is 0.00800. The van der Waals surface area contributed by atoms with E-state index in [0.717, 1.165) is 12.8 Å². The first-order chi connectivity index (χ1) is 8.13. The number of hydrogen-bond acceptors (Lipinski definition) is 4. The Kier molecular flexibility index (Phi) is 5.21. The van der Waals surface area contributed by atoms with Gasteiger partial charge in [0, 0.05) is 20.2 Å². The van der Waals surface area contributed by atoms with Crippen LogP contribution in [0.3, 0.4) is 0 Å². The van der Waals surface area contributed by atoms with Crippen LogP contribution in [0.15, 0.2) is 5.16 Å². The van der Waals surface area contributed by atoms with Crippen molar-refractivity contribution in [3.63, 3.8) is 0 Å². The molecule has 1 atom stereocenters. The highest BCUT2D eigenvalue weighted by Gasteiger charge is 2.29. The minimum Gasteiger partial charge on any atom is -0.409 e. The van der Waals surface area contributed by atoms with Crippen LogP contribution in [-0.2, 0) is 9.53 Å². The number of nitrogens with zero attached hydrogens (tertiary/aromatic N) is 2. The molecule has 1 rings (SSSR count). The topological polar surface area (TPSA) is 88.2 Å². The summed E-state index contributed by atoms with van der Waals surface area (Å²) in [7, 11) is 1.69. The zero-order valence-corrected chi connectivity index (χ0v) is 10.4. The lowest BCUT2D eigenvalue weighted by Crippen LogP contribution is -2.46. The lowest BCUT2D eigenvalue weighted by atomic mass is 10.0. The molecule has 0 aromatic heterocycles. The number of hydrogen-bond donors (Lipinski definition) is 2. The summed E-state index contributed by atoms with van der Waals surface area (Å²) >= 11 is 0. The molecule has 0 bridgehead atoms. The maximum absolute atomic E-state index is 12.1. The van der Waals surface area contributed by atoms with Crippen molar-refractivity contribution in [1.82, 2.24) is 4.90 Å². The predicted octanol–water partition coefficient (Wildman–Crippen LogP) is 0.396. The van der Waals surface area contributed by atoms with E-state index in [1.807, 2.05) is 6.92 Å². The second-order valence-corrected chi connectivity index (χ2v) is 4.25. The van der Waals surface area contributed by atoms with E-state index in [2.05, 4.69) is 5.16 Å². The Morgan fingerprint density at radius 3 is 2.59 bits per heavy atom. The van der Waals surface area contributed by atoms with Gasteiger partial charge >= 0.3 is 0 Å². The van der Waals surface area contributed by atoms with Crippen molar-refractivity contribution in [2.24, 2.45) is 16.8 Å². The van der Waals surface area contributed by atoms with Crippen molar-refractivity contribution in [3.05, 3.63) is 0 Å². The molecule has 0 aromatic carbocycles. The van der Waals surface area contributed by atoms with Gasteiger partial charge in [-0.25, -0.2) is 0 Å². The summed E-state index contributed by atoms with van der Waals surface area (Å²) in [6.45, 7) is 3.20. The van der Waals surface area contributed by atoms with E-state index in [4.69, 9.17) is 15.7 Å². The van der Waals surface area contributed by atoms with Crippen molar-refractivity contribution >= 4 is 11.7 Å². The highest BCUT2D eigenvalue weighted by atomic mass is 16.5. The lowest BCUT2D eigenvalue weighted by molar-refractivity contribution is -0.135. The molecule has 1 heterocycles. The summed E-state index contributed by atoms with van der Waals surface area (Å²) in [5.74, 6) is -0.581. The fourth-order valence-electron chi connectivity index (χ4n) is 2.11. The Labute approximate surface area is 101 Å². The first-order valence-electron chi connectivity index (χ1n) is 5.93. The van der Waals surface area contributed by atoms with Crippen molar-refractivity contribution in [2.75, 3.05) is 20.2 Å². The molecule has 98 valence electrons. The highest BCUT2D eigenvalue weighted by Crippen LogP contribution is 2.16. The number of amidine groups is 1. The van der Waals surface area contributed by atoms with Gasteiger partial charge in [-0.1, -0.05) is 12.1 Å². The molecule has 0 saturated carbocycles. The molecule has 1 saturated heterocycles. The summed E-state index contributed by atoms with van der Waals surface area (Å²) in [5, 5.41) is 11.6. The molecule has 1 fully saturated rings. The van der Waals surface area contributed by atoms with Crippen LogP contribution in [-0.4, -0.2) is 48.2 Å². The summed E-state index contributed by atoms with van der Waals surface area (Å²) in [4.78, 5) is 13.9. The number of carbonyl (C=O) groups is 1. The van der Waals surface area contributed by atoms with E-state index in [1.165, 1.54) is 0 Å². The highest BCUT2D eigenvalue weighted by molar-refractivity contribution is 6.02. The smallest absolute Gasteiger partial charge is 0.233 e. The molecule has 1 aliphatic rings. The Hall–Kier alpha value is -1.30. The van der Waals surface area contributed by atoms with Crippen molar-refractivity contribution in [3.8, 4) is 0 Å². The van der Waals surface area contributed by atoms with Gasteiger partial charge < -0.3 is 20.6 Å². The second kappa shape index (κ2) is 6.44. The maximum atomic E-state index is 12.1. The van der Waals surface area contributed by atoms with Crippen LogP contribution in [0, 0.1) is 5.92 Å². The fourth-order valence-corrected chi connectivity index (χ4v) is 2.11. The molecule has 0 aliphatic carbocycles. The first-order valence-corrected chi connectivity index (χ1v) is 5.93. The molecular weight excluding hydrogens is 222 g/mol.